The lowest BCUT2D eigenvalue weighted by Gasteiger charge is -2.33. The van der Waals surface area contributed by atoms with Crippen LogP contribution in [0, 0.1) is 0 Å². The van der Waals surface area contributed by atoms with Crippen LogP contribution in [0.1, 0.15) is 118 Å². The van der Waals surface area contributed by atoms with E-state index in [2.05, 4.69) is 30.8 Å². The highest BCUT2D eigenvalue weighted by Crippen LogP contribution is 2.30. The maximum absolute atomic E-state index is 12.9. The highest BCUT2D eigenvalue weighted by atomic mass is 35.5. The number of anilines is 3. The van der Waals surface area contributed by atoms with Crippen LogP contribution in [0.15, 0.2) is 35.4 Å². The van der Waals surface area contributed by atoms with Crippen LogP contribution >= 0.6 is 11.6 Å². The molecule has 0 aliphatic carbocycles. The molecule has 1 aromatic heterocycles. The molecular weight excluding hydrogens is 648 g/mol. The van der Waals surface area contributed by atoms with Gasteiger partial charge in [0.2, 0.25) is 5.95 Å². The lowest BCUT2D eigenvalue weighted by molar-refractivity contribution is 0.135. The number of carbonyl (C=O) groups excluding carboxylic acids is 1. The predicted molar refractivity (Wildman–Crippen MR) is 197 cm³/mol. The van der Waals surface area contributed by atoms with Gasteiger partial charge in [0.25, 0.3) is 0 Å². The fourth-order valence-corrected chi connectivity index (χ4v) is 7.16. The first kappa shape index (κ1) is 39.8. The summed E-state index contributed by atoms with van der Waals surface area (Å²) in [6, 6.07) is 7.06. The molecule has 2 heterocycles. The monoisotopic (exact) mass is 706 g/mol. The van der Waals surface area contributed by atoms with E-state index in [1.54, 1.807) is 44.3 Å². The van der Waals surface area contributed by atoms with E-state index >= 15 is 0 Å². The van der Waals surface area contributed by atoms with Crippen molar-refractivity contribution in [2.24, 2.45) is 0 Å². The zero-order chi connectivity index (χ0) is 35.0. The van der Waals surface area contributed by atoms with Crippen LogP contribution in [-0.2, 0) is 14.6 Å². The van der Waals surface area contributed by atoms with Gasteiger partial charge in [-0.15, -0.1) is 0 Å². The molecule has 3 N–H and O–H groups in total. The van der Waals surface area contributed by atoms with Gasteiger partial charge in [0.1, 0.15) is 5.02 Å². The number of sulfone groups is 1. The van der Waals surface area contributed by atoms with Crippen molar-refractivity contribution in [2.75, 3.05) is 36.9 Å². The first-order chi connectivity index (χ1) is 22.8. The summed E-state index contributed by atoms with van der Waals surface area (Å²) in [6.45, 7) is 12.8. The number of hydrogen-bond donors (Lipinski definition) is 3. The summed E-state index contributed by atoms with van der Waals surface area (Å²) in [5.74, 6) is 0.852. The number of alkyl carbamates (subject to hydrolysis) is 1. The summed E-state index contributed by atoms with van der Waals surface area (Å²) >= 11 is 6.42. The third-order valence-electron chi connectivity index (χ3n) is 8.48. The third kappa shape index (κ3) is 14.5. The molecule has 1 fully saturated rings. The minimum absolute atomic E-state index is 0.224. The lowest BCUT2D eigenvalue weighted by Crippen LogP contribution is -2.42. The number of unbranched alkanes of at least 4 members (excludes halogenated alkanes) is 10. The van der Waals surface area contributed by atoms with Crippen LogP contribution in [-0.4, -0.2) is 72.5 Å². The molecule has 12 heteroatoms. The Morgan fingerprint density at radius 2 is 1.62 bits per heavy atom. The van der Waals surface area contributed by atoms with Crippen LogP contribution in [0.25, 0.3) is 0 Å². The summed E-state index contributed by atoms with van der Waals surface area (Å²) < 4.78 is 31.0. The summed E-state index contributed by atoms with van der Waals surface area (Å²) in [5.41, 5.74) is 0.187. The second-order valence-electron chi connectivity index (χ2n) is 14.3. The van der Waals surface area contributed by atoms with Crippen molar-refractivity contribution in [3.05, 3.63) is 35.5 Å². The molecule has 1 aliphatic rings. The molecule has 1 saturated heterocycles. The Balaban J connectivity index is 1.28. The topological polar surface area (TPSA) is 126 Å². The van der Waals surface area contributed by atoms with Crippen LogP contribution < -0.4 is 16.0 Å². The highest BCUT2D eigenvalue weighted by molar-refractivity contribution is 7.92. The van der Waals surface area contributed by atoms with Gasteiger partial charge in [-0.1, -0.05) is 81.5 Å². The maximum atomic E-state index is 12.9. The number of amides is 1. The van der Waals surface area contributed by atoms with E-state index in [1.165, 1.54) is 57.8 Å². The first-order valence-electron chi connectivity index (χ1n) is 17.9. The number of nitrogens with zero attached hydrogens (tertiary/aromatic N) is 3. The van der Waals surface area contributed by atoms with Crippen molar-refractivity contribution in [3.8, 4) is 0 Å². The number of hydrogen-bond acceptors (Lipinski definition) is 9. The van der Waals surface area contributed by atoms with Gasteiger partial charge in [0, 0.05) is 18.1 Å². The quantitative estimate of drug-likeness (QED) is 0.116. The Kier molecular flexibility index (Phi) is 16.7. The molecule has 0 spiro atoms. The van der Waals surface area contributed by atoms with Crippen LogP contribution in [0.4, 0.5) is 22.2 Å². The second-order valence-corrected chi connectivity index (χ2v) is 17.2. The minimum atomic E-state index is -3.49. The fourth-order valence-electron chi connectivity index (χ4n) is 5.82. The molecule has 2 aromatic rings. The SMILES string of the molecule is CC(C)S(=O)(=O)c1ccccc1Nc1nc(N[C@@H]2CCCN(CCCCCCCCCCCCCOC(=O)NC(C)(C)C)C2)ncc1Cl. The molecule has 270 valence electrons. The first-order valence-corrected chi connectivity index (χ1v) is 19.8. The second kappa shape index (κ2) is 20.1. The number of halogens is 1. The summed E-state index contributed by atoms with van der Waals surface area (Å²) in [5, 5.41) is 9.21. The molecule has 0 bridgehead atoms. The van der Waals surface area contributed by atoms with Gasteiger partial charge in [-0.25, -0.2) is 18.2 Å². The van der Waals surface area contributed by atoms with Gasteiger partial charge < -0.3 is 25.6 Å². The Bertz CT molecular complexity index is 1370. The van der Waals surface area contributed by atoms with E-state index < -0.39 is 15.1 Å². The van der Waals surface area contributed by atoms with Crippen molar-refractivity contribution in [3.63, 3.8) is 0 Å². The Labute approximate surface area is 294 Å². The van der Waals surface area contributed by atoms with E-state index in [1.807, 2.05) is 20.8 Å². The number of benzene rings is 1. The van der Waals surface area contributed by atoms with Crippen LogP contribution in [0.3, 0.4) is 0 Å². The van der Waals surface area contributed by atoms with Gasteiger partial charge in [-0.3, -0.25) is 0 Å². The molecule has 0 saturated carbocycles. The summed E-state index contributed by atoms with van der Waals surface area (Å²) in [6.07, 6.45) is 16.9. The van der Waals surface area contributed by atoms with Crippen molar-refractivity contribution in [1.82, 2.24) is 20.2 Å². The smallest absolute Gasteiger partial charge is 0.407 e. The summed E-state index contributed by atoms with van der Waals surface area (Å²) in [7, 11) is -3.49. The summed E-state index contributed by atoms with van der Waals surface area (Å²) in [4.78, 5) is 23.4. The average Bonchev–Trinajstić information content (AvgIpc) is 3.02. The van der Waals surface area contributed by atoms with Gasteiger partial charge in [0.05, 0.1) is 28.6 Å². The Morgan fingerprint density at radius 1 is 1.00 bits per heavy atom. The number of ether oxygens (including phenoxy) is 1. The van der Waals surface area contributed by atoms with E-state index in [0.717, 1.165) is 45.3 Å². The number of rotatable bonds is 20. The molecule has 1 atom stereocenters. The zero-order valence-corrected chi connectivity index (χ0v) is 31.4. The molecule has 48 heavy (non-hydrogen) atoms. The molecule has 0 unspecified atom stereocenters. The number of nitrogens with one attached hydrogen (secondary N) is 3. The van der Waals surface area contributed by atoms with E-state index in [4.69, 9.17) is 16.3 Å². The van der Waals surface area contributed by atoms with E-state index in [-0.39, 0.29) is 22.6 Å². The minimum Gasteiger partial charge on any atom is -0.450 e. The normalized spacial score (nSPS) is 15.8. The van der Waals surface area contributed by atoms with Crippen LogP contribution in [0.5, 0.6) is 0 Å². The Morgan fingerprint density at radius 3 is 2.27 bits per heavy atom. The third-order valence-corrected chi connectivity index (χ3v) is 11.0. The van der Waals surface area contributed by atoms with Gasteiger partial charge in [-0.2, -0.15) is 4.98 Å². The number of aromatic nitrogens is 2. The zero-order valence-electron chi connectivity index (χ0n) is 29.8. The van der Waals surface area contributed by atoms with Crippen molar-refractivity contribution in [2.45, 2.75) is 140 Å². The van der Waals surface area contributed by atoms with E-state index in [0.29, 0.717) is 29.1 Å². The fraction of sp³-hybridized carbons (Fsp3) is 0.694. The molecule has 0 radical (unpaired) electrons. The molecule has 1 aromatic carbocycles. The van der Waals surface area contributed by atoms with Gasteiger partial charge in [-0.05, 0) is 85.5 Å². The molecule has 1 aliphatic heterocycles. The molecule has 3 rings (SSSR count). The molecule has 1 amide bonds. The largest absolute Gasteiger partial charge is 0.450 e. The number of piperidine rings is 1. The number of likely N-dealkylation sites (tertiary alicyclic amines) is 1. The van der Waals surface area contributed by atoms with Gasteiger partial charge >= 0.3 is 6.09 Å². The average molecular weight is 707 g/mol. The lowest BCUT2D eigenvalue weighted by atomic mass is 10.0. The highest BCUT2D eigenvalue weighted by Gasteiger charge is 2.24. The van der Waals surface area contributed by atoms with Crippen molar-refractivity contribution in [1.29, 1.82) is 0 Å². The van der Waals surface area contributed by atoms with Gasteiger partial charge in [0.15, 0.2) is 15.7 Å². The number of para-hydroxylation sites is 1. The maximum Gasteiger partial charge on any atom is 0.407 e. The van der Waals surface area contributed by atoms with Crippen LogP contribution in [0.2, 0.25) is 5.02 Å². The number of carbonyl (C=O) groups is 1. The predicted octanol–water partition coefficient (Wildman–Crippen LogP) is 8.75. The molecular formula is C36H59ClN6O4S. The van der Waals surface area contributed by atoms with Crippen molar-refractivity contribution >= 4 is 45.0 Å². The van der Waals surface area contributed by atoms with Crippen molar-refractivity contribution < 1.29 is 17.9 Å². The molecule has 10 nitrogen and oxygen atoms in total. The van der Waals surface area contributed by atoms with E-state index in [9.17, 15) is 13.2 Å². The standard InChI is InChI=1S/C36H59ClN6O4S/c1-28(2)48(45,46)32-22-16-15-21-31(32)40-33-30(37)26-38-34(41-33)39-29-20-19-24-43(27-29)23-17-13-11-9-7-6-8-10-12-14-18-25-47-35(44)42-36(3,4)5/h15-16,21-22,26,28-29H,6-14,17-20,23-25,27H2,1-5H3,(H,42,44)(H2,38,39,40,41)/t29-/m1/s1. The Hall–Kier alpha value is -2.63.